The van der Waals surface area contributed by atoms with Gasteiger partial charge in [-0.05, 0) is 55.0 Å². The third-order valence-corrected chi connectivity index (χ3v) is 4.95. The molecular weight excluding hydrogens is 330 g/mol. The van der Waals surface area contributed by atoms with Crippen LogP contribution in [0.5, 0.6) is 17.2 Å². The van der Waals surface area contributed by atoms with Crippen LogP contribution in [0.2, 0.25) is 0 Å². The summed E-state index contributed by atoms with van der Waals surface area (Å²) in [4.78, 5) is 12.7. The van der Waals surface area contributed by atoms with Crippen molar-refractivity contribution in [1.82, 2.24) is 5.32 Å². The molecule has 5 nitrogen and oxygen atoms in total. The molecule has 2 aliphatic heterocycles. The molecule has 0 spiro atoms. The van der Waals surface area contributed by atoms with Crippen molar-refractivity contribution in [3.63, 3.8) is 0 Å². The number of rotatable bonds is 3. The number of aryl methyl sites for hydroxylation is 1. The molecule has 136 valence electrons. The van der Waals surface area contributed by atoms with E-state index < -0.39 is 0 Å². The highest BCUT2D eigenvalue weighted by molar-refractivity contribution is 5.96. The summed E-state index contributed by atoms with van der Waals surface area (Å²) in [6.45, 7) is 4.29. The summed E-state index contributed by atoms with van der Waals surface area (Å²) < 4.78 is 17.0. The van der Waals surface area contributed by atoms with E-state index in [2.05, 4.69) is 11.4 Å². The molecule has 1 atom stereocenters. The van der Waals surface area contributed by atoms with E-state index in [1.165, 1.54) is 5.56 Å². The third-order valence-electron chi connectivity index (χ3n) is 4.95. The minimum absolute atomic E-state index is 0.0714. The summed E-state index contributed by atoms with van der Waals surface area (Å²) in [5.74, 6) is 2.61. The van der Waals surface area contributed by atoms with Gasteiger partial charge in [-0.25, -0.2) is 0 Å². The average molecular weight is 353 g/mol. The highest BCUT2D eigenvalue weighted by Gasteiger charge is 2.21. The quantitative estimate of drug-likeness (QED) is 0.921. The Bertz CT molecular complexity index is 818. The van der Waals surface area contributed by atoms with Gasteiger partial charge in [-0.1, -0.05) is 18.2 Å². The Morgan fingerprint density at radius 1 is 1.04 bits per heavy atom. The summed E-state index contributed by atoms with van der Waals surface area (Å²) in [6, 6.07) is 11.8. The van der Waals surface area contributed by atoms with E-state index in [-0.39, 0.29) is 5.91 Å². The van der Waals surface area contributed by atoms with Crippen molar-refractivity contribution in [3.05, 3.63) is 53.1 Å². The Labute approximate surface area is 153 Å². The van der Waals surface area contributed by atoms with E-state index >= 15 is 0 Å². The molecule has 4 rings (SSSR count). The van der Waals surface area contributed by atoms with E-state index in [0.29, 0.717) is 49.3 Å². The summed E-state index contributed by atoms with van der Waals surface area (Å²) in [6.07, 6.45) is 1.84. The second-order valence-electron chi connectivity index (χ2n) is 6.84. The predicted molar refractivity (Wildman–Crippen MR) is 98.3 cm³/mol. The molecule has 1 amide bonds. The summed E-state index contributed by atoms with van der Waals surface area (Å²) in [5, 5.41) is 3.08. The van der Waals surface area contributed by atoms with Gasteiger partial charge in [-0.2, -0.15) is 0 Å². The summed E-state index contributed by atoms with van der Waals surface area (Å²) >= 11 is 0. The van der Waals surface area contributed by atoms with E-state index in [4.69, 9.17) is 14.2 Å². The molecule has 2 aromatic rings. The van der Waals surface area contributed by atoms with Crippen molar-refractivity contribution in [2.75, 3.05) is 26.4 Å². The van der Waals surface area contributed by atoms with E-state index in [1.54, 1.807) is 6.07 Å². The Morgan fingerprint density at radius 2 is 1.77 bits per heavy atom. The Kier molecular flexibility index (Phi) is 4.69. The summed E-state index contributed by atoms with van der Waals surface area (Å²) in [5.41, 5.74) is 2.74. The fourth-order valence-corrected chi connectivity index (χ4v) is 3.50. The van der Waals surface area contributed by atoms with E-state index in [9.17, 15) is 4.79 Å². The molecular formula is C21H23NO4. The van der Waals surface area contributed by atoms with Crippen LogP contribution in [0, 0.1) is 12.8 Å². The maximum atomic E-state index is 12.7. The number of benzene rings is 2. The molecule has 2 heterocycles. The van der Waals surface area contributed by atoms with Crippen LogP contribution in [0.3, 0.4) is 0 Å². The van der Waals surface area contributed by atoms with E-state index in [0.717, 1.165) is 24.2 Å². The lowest BCUT2D eigenvalue weighted by molar-refractivity contribution is 0.0943. The fraction of sp³-hybridized carbons (Fsp3) is 0.381. The molecule has 0 fully saturated rings. The lowest BCUT2D eigenvalue weighted by Gasteiger charge is -2.20. The summed E-state index contributed by atoms with van der Waals surface area (Å²) in [7, 11) is 0. The van der Waals surface area contributed by atoms with Crippen LogP contribution in [0.4, 0.5) is 0 Å². The van der Waals surface area contributed by atoms with Crippen LogP contribution in [0.25, 0.3) is 0 Å². The largest absolute Gasteiger partial charge is 0.493 e. The van der Waals surface area contributed by atoms with Gasteiger partial charge in [-0.3, -0.25) is 4.79 Å². The van der Waals surface area contributed by atoms with Crippen LogP contribution in [-0.4, -0.2) is 32.3 Å². The van der Waals surface area contributed by atoms with Crippen molar-refractivity contribution in [2.24, 2.45) is 5.92 Å². The van der Waals surface area contributed by atoms with Gasteiger partial charge < -0.3 is 19.5 Å². The minimum atomic E-state index is -0.0714. The highest BCUT2D eigenvalue weighted by Crippen LogP contribution is 2.33. The second kappa shape index (κ2) is 7.28. The number of carbonyl (C=O) groups excluding carboxylic acids is 1. The number of hydrogen-bond donors (Lipinski definition) is 1. The standard InChI is InChI=1S/C21H23NO4/c1-14-10-19-20(26-9-8-25-19)12-17(14)21(23)22-13-15-6-7-24-18-5-3-2-4-16(18)11-15/h2-5,10,12,15H,6-9,11,13H2,1H3,(H,22,23). The molecule has 2 aromatic carbocycles. The van der Waals surface area contributed by atoms with Crippen molar-refractivity contribution < 1.29 is 19.0 Å². The van der Waals surface area contributed by atoms with Crippen LogP contribution >= 0.6 is 0 Å². The van der Waals surface area contributed by atoms with Crippen LogP contribution in [-0.2, 0) is 6.42 Å². The van der Waals surface area contributed by atoms with Gasteiger partial charge in [0.1, 0.15) is 19.0 Å². The number of para-hydroxylation sites is 1. The van der Waals surface area contributed by atoms with Gasteiger partial charge in [0.05, 0.1) is 6.61 Å². The molecule has 26 heavy (non-hydrogen) atoms. The number of hydrogen-bond acceptors (Lipinski definition) is 4. The zero-order valence-electron chi connectivity index (χ0n) is 14.9. The Balaban J connectivity index is 1.43. The van der Waals surface area contributed by atoms with Gasteiger partial charge in [0.15, 0.2) is 11.5 Å². The monoisotopic (exact) mass is 353 g/mol. The first-order chi connectivity index (χ1) is 12.7. The van der Waals surface area contributed by atoms with Gasteiger partial charge in [-0.15, -0.1) is 0 Å². The van der Waals surface area contributed by atoms with E-state index in [1.807, 2.05) is 31.2 Å². The normalized spacial score (nSPS) is 18.3. The number of nitrogens with one attached hydrogen (secondary N) is 1. The van der Waals surface area contributed by atoms with Crippen LogP contribution in [0.1, 0.15) is 27.9 Å². The molecule has 0 aromatic heterocycles. The van der Waals surface area contributed by atoms with Gasteiger partial charge in [0.2, 0.25) is 0 Å². The first-order valence-electron chi connectivity index (χ1n) is 9.10. The van der Waals surface area contributed by atoms with Crippen molar-refractivity contribution in [2.45, 2.75) is 19.8 Å². The zero-order chi connectivity index (χ0) is 17.9. The Morgan fingerprint density at radius 3 is 2.62 bits per heavy atom. The average Bonchev–Trinajstić information content (AvgIpc) is 2.87. The topological polar surface area (TPSA) is 56.8 Å². The van der Waals surface area contributed by atoms with Gasteiger partial charge in [0, 0.05) is 12.1 Å². The number of fused-ring (bicyclic) bond motifs is 2. The highest BCUT2D eigenvalue weighted by atomic mass is 16.6. The first kappa shape index (κ1) is 16.8. The molecule has 5 heteroatoms. The SMILES string of the molecule is Cc1cc2c(cc1C(=O)NCC1CCOc3ccccc3C1)OCCO2. The van der Waals surface area contributed by atoms with Crippen molar-refractivity contribution >= 4 is 5.91 Å². The molecule has 0 aliphatic carbocycles. The molecule has 0 saturated heterocycles. The maximum absolute atomic E-state index is 12.7. The lowest BCUT2D eigenvalue weighted by atomic mass is 9.96. The lowest BCUT2D eigenvalue weighted by Crippen LogP contribution is -2.31. The van der Waals surface area contributed by atoms with Crippen LogP contribution < -0.4 is 19.5 Å². The predicted octanol–water partition coefficient (Wildman–Crippen LogP) is 3.14. The van der Waals surface area contributed by atoms with Crippen molar-refractivity contribution in [3.8, 4) is 17.2 Å². The molecule has 1 unspecified atom stereocenters. The van der Waals surface area contributed by atoms with Gasteiger partial charge >= 0.3 is 0 Å². The minimum Gasteiger partial charge on any atom is -0.493 e. The first-order valence-corrected chi connectivity index (χ1v) is 9.10. The van der Waals surface area contributed by atoms with Crippen LogP contribution in [0.15, 0.2) is 36.4 Å². The number of carbonyl (C=O) groups is 1. The second-order valence-corrected chi connectivity index (χ2v) is 6.84. The van der Waals surface area contributed by atoms with Crippen molar-refractivity contribution in [1.29, 1.82) is 0 Å². The Hall–Kier alpha value is -2.69. The van der Waals surface area contributed by atoms with Gasteiger partial charge in [0.25, 0.3) is 5.91 Å². The molecule has 0 saturated carbocycles. The number of ether oxygens (including phenoxy) is 3. The molecule has 1 N–H and O–H groups in total. The molecule has 2 aliphatic rings. The smallest absolute Gasteiger partial charge is 0.251 e. The maximum Gasteiger partial charge on any atom is 0.251 e. The zero-order valence-corrected chi connectivity index (χ0v) is 14.9. The fourth-order valence-electron chi connectivity index (χ4n) is 3.50. The molecule has 0 bridgehead atoms. The third kappa shape index (κ3) is 3.47. The molecule has 0 radical (unpaired) electrons. The number of amides is 1.